The minimum atomic E-state index is -3.64. The Bertz CT molecular complexity index is 464. The molecule has 0 spiro atoms. The molecule has 1 unspecified atom stereocenters. The third-order valence-corrected chi connectivity index (χ3v) is 4.44. The van der Waals surface area contributed by atoms with E-state index in [1.54, 1.807) is 13.0 Å². The molecule has 0 aliphatic rings. The molecule has 0 saturated heterocycles. The Labute approximate surface area is 92.3 Å². The number of nitrogens with one attached hydrogen (secondary N) is 1. The monoisotopic (exact) mass is 248 g/mol. The van der Waals surface area contributed by atoms with Gasteiger partial charge in [-0.2, -0.15) is 0 Å². The number of thiophene rings is 1. The van der Waals surface area contributed by atoms with Gasteiger partial charge in [-0.1, -0.05) is 0 Å². The van der Waals surface area contributed by atoms with Crippen LogP contribution >= 0.6 is 11.3 Å². The highest BCUT2D eigenvalue weighted by Gasteiger charge is 2.14. The lowest BCUT2D eigenvalue weighted by molar-refractivity contribution is -0.119. The highest BCUT2D eigenvalue weighted by Crippen LogP contribution is 2.25. The smallest absolute Gasteiger partial charge is 0.247 e. The van der Waals surface area contributed by atoms with Crippen molar-refractivity contribution in [2.45, 2.75) is 24.1 Å². The van der Waals surface area contributed by atoms with Gasteiger partial charge in [0.25, 0.3) is 0 Å². The zero-order valence-electron chi connectivity index (χ0n) is 8.35. The second kappa shape index (κ2) is 4.30. The largest absolute Gasteiger partial charge is 0.349 e. The van der Waals surface area contributed by atoms with Gasteiger partial charge in [0.2, 0.25) is 15.9 Å². The molecule has 3 N–H and O–H groups in total. The Morgan fingerprint density at radius 3 is 2.53 bits per heavy atom. The van der Waals surface area contributed by atoms with Crippen LogP contribution in [-0.2, 0) is 14.8 Å². The van der Waals surface area contributed by atoms with Gasteiger partial charge in [0.1, 0.15) is 4.21 Å². The fourth-order valence-electron chi connectivity index (χ4n) is 1.10. The molecular formula is C8H12N2O3S2. The molecule has 0 saturated carbocycles. The van der Waals surface area contributed by atoms with E-state index in [0.717, 1.165) is 16.2 Å². The van der Waals surface area contributed by atoms with Crippen LogP contribution in [-0.4, -0.2) is 14.3 Å². The highest BCUT2D eigenvalue weighted by atomic mass is 32.2. The SMILES string of the molecule is CC(=O)NC(C)c1ccc(S(N)(=O)=O)s1. The number of carbonyl (C=O) groups is 1. The van der Waals surface area contributed by atoms with Crippen LogP contribution in [0.1, 0.15) is 24.8 Å². The third-order valence-electron chi connectivity index (χ3n) is 1.73. The van der Waals surface area contributed by atoms with Crippen LogP contribution in [0.5, 0.6) is 0 Å². The van der Waals surface area contributed by atoms with Crippen LogP contribution in [0.15, 0.2) is 16.3 Å². The molecule has 1 atom stereocenters. The quantitative estimate of drug-likeness (QED) is 0.820. The molecule has 84 valence electrons. The molecule has 0 radical (unpaired) electrons. The summed E-state index contributed by atoms with van der Waals surface area (Å²) in [6.07, 6.45) is 0. The van der Waals surface area contributed by atoms with Crippen LogP contribution in [0.2, 0.25) is 0 Å². The van der Waals surface area contributed by atoms with E-state index in [9.17, 15) is 13.2 Å². The number of primary sulfonamides is 1. The van der Waals surface area contributed by atoms with Crippen molar-refractivity contribution >= 4 is 27.3 Å². The number of sulfonamides is 1. The number of hydrogen-bond acceptors (Lipinski definition) is 4. The summed E-state index contributed by atoms with van der Waals surface area (Å²) in [4.78, 5) is 11.5. The molecule has 1 aromatic rings. The molecule has 0 aliphatic heterocycles. The summed E-state index contributed by atoms with van der Waals surface area (Å²) in [5, 5.41) is 7.63. The number of rotatable bonds is 3. The second-order valence-corrected chi connectivity index (χ2v) is 6.03. The summed E-state index contributed by atoms with van der Waals surface area (Å²) in [5.41, 5.74) is 0. The number of amides is 1. The van der Waals surface area contributed by atoms with Crippen LogP contribution in [0, 0.1) is 0 Å². The number of nitrogens with two attached hydrogens (primary N) is 1. The summed E-state index contributed by atoms with van der Waals surface area (Å²) in [5.74, 6) is -0.159. The van der Waals surface area contributed by atoms with Crippen LogP contribution in [0.25, 0.3) is 0 Å². The van der Waals surface area contributed by atoms with E-state index in [1.807, 2.05) is 0 Å². The van der Waals surface area contributed by atoms with Gasteiger partial charge in [-0.25, -0.2) is 13.6 Å². The standard InChI is InChI=1S/C8H12N2O3S2/c1-5(10-6(2)11)7-3-4-8(14-7)15(9,12)13/h3-5H,1-2H3,(H,10,11)(H2,9,12,13). The van der Waals surface area contributed by atoms with Gasteiger partial charge in [0.05, 0.1) is 6.04 Å². The predicted octanol–water partition coefficient (Wildman–Crippen LogP) is 0.593. The summed E-state index contributed by atoms with van der Waals surface area (Å²) in [7, 11) is -3.64. The Morgan fingerprint density at radius 1 is 1.53 bits per heavy atom. The average molecular weight is 248 g/mol. The Morgan fingerprint density at radius 2 is 2.13 bits per heavy atom. The first-order valence-electron chi connectivity index (χ1n) is 4.20. The van der Waals surface area contributed by atoms with Gasteiger partial charge < -0.3 is 5.32 Å². The lowest BCUT2D eigenvalue weighted by Gasteiger charge is -2.09. The number of carbonyl (C=O) groups excluding carboxylic acids is 1. The zero-order valence-corrected chi connectivity index (χ0v) is 9.98. The van der Waals surface area contributed by atoms with Crippen molar-refractivity contribution in [2.24, 2.45) is 5.14 Å². The topological polar surface area (TPSA) is 89.3 Å². The van der Waals surface area contributed by atoms with E-state index in [2.05, 4.69) is 5.32 Å². The van der Waals surface area contributed by atoms with Gasteiger partial charge in [-0.05, 0) is 19.1 Å². The molecule has 1 heterocycles. The van der Waals surface area contributed by atoms with E-state index in [0.29, 0.717) is 0 Å². The van der Waals surface area contributed by atoms with E-state index in [-0.39, 0.29) is 16.2 Å². The zero-order chi connectivity index (χ0) is 11.6. The molecule has 1 amide bonds. The summed E-state index contributed by atoms with van der Waals surface area (Å²) in [6.45, 7) is 3.19. The molecule has 0 aromatic carbocycles. The van der Waals surface area contributed by atoms with Gasteiger partial charge in [-0.3, -0.25) is 4.79 Å². The summed E-state index contributed by atoms with van der Waals surface area (Å²) in [6, 6.07) is 2.88. The third kappa shape index (κ3) is 3.29. The Hall–Kier alpha value is -0.920. The average Bonchev–Trinajstić information content (AvgIpc) is 2.48. The fourth-order valence-corrected chi connectivity index (χ4v) is 2.85. The summed E-state index contributed by atoms with van der Waals surface area (Å²) < 4.78 is 22.1. The van der Waals surface area contributed by atoms with Crippen molar-refractivity contribution < 1.29 is 13.2 Å². The Balaban J connectivity index is 2.90. The lowest BCUT2D eigenvalue weighted by atomic mass is 10.3. The van der Waals surface area contributed by atoms with Crippen molar-refractivity contribution in [3.05, 3.63) is 17.0 Å². The van der Waals surface area contributed by atoms with Crippen molar-refractivity contribution in [3.63, 3.8) is 0 Å². The van der Waals surface area contributed by atoms with Crippen molar-refractivity contribution in [2.75, 3.05) is 0 Å². The Kier molecular flexibility index (Phi) is 3.48. The predicted molar refractivity (Wildman–Crippen MR) is 57.9 cm³/mol. The maximum absolute atomic E-state index is 11.0. The van der Waals surface area contributed by atoms with E-state index < -0.39 is 10.0 Å². The second-order valence-electron chi connectivity index (χ2n) is 3.12. The van der Waals surface area contributed by atoms with Crippen molar-refractivity contribution in [3.8, 4) is 0 Å². The van der Waals surface area contributed by atoms with Crippen LogP contribution in [0.4, 0.5) is 0 Å². The van der Waals surface area contributed by atoms with Crippen LogP contribution < -0.4 is 10.5 Å². The minimum absolute atomic E-state index is 0.106. The van der Waals surface area contributed by atoms with Crippen LogP contribution in [0.3, 0.4) is 0 Å². The van der Waals surface area contributed by atoms with Crippen molar-refractivity contribution in [1.29, 1.82) is 0 Å². The lowest BCUT2D eigenvalue weighted by Crippen LogP contribution is -2.22. The van der Waals surface area contributed by atoms with E-state index in [4.69, 9.17) is 5.14 Å². The summed E-state index contributed by atoms with van der Waals surface area (Å²) >= 11 is 1.06. The maximum Gasteiger partial charge on any atom is 0.247 e. The number of hydrogen-bond donors (Lipinski definition) is 2. The van der Waals surface area contributed by atoms with Gasteiger partial charge in [-0.15, -0.1) is 11.3 Å². The highest BCUT2D eigenvalue weighted by molar-refractivity contribution is 7.91. The van der Waals surface area contributed by atoms with Gasteiger partial charge in [0.15, 0.2) is 0 Å². The molecule has 0 bridgehead atoms. The molecule has 1 rings (SSSR count). The first-order valence-corrected chi connectivity index (χ1v) is 6.56. The molecule has 15 heavy (non-hydrogen) atoms. The van der Waals surface area contributed by atoms with Crippen molar-refractivity contribution in [1.82, 2.24) is 5.32 Å². The van der Waals surface area contributed by atoms with Gasteiger partial charge >= 0.3 is 0 Å². The maximum atomic E-state index is 11.0. The first-order chi connectivity index (χ1) is 6.80. The molecule has 7 heteroatoms. The molecular weight excluding hydrogens is 236 g/mol. The molecule has 1 aromatic heterocycles. The minimum Gasteiger partial charge on any atom is -0.349 e. The first kappa shape index (κ1) is 12.2. The molecule has 5 nitrogen and oxygen atoms in total. The van der Waals surface area contributed by atoms with E-state index >= 15 is 0 Å². The molecule has 0 fully saturated rings. The van der Waals surface area contributed by atoms with Gasteiger partial charge in [0, 0.05) is 11.8 Å². The van der Waals surface area contributed by atoms with E-state index in [1.165, 1.54) is 13.0 Å². The normalized spacial score (nSPS) is 13.5. The molecule has 0 aliphatic carbocycles. The fraction of sp³-hybridized carbons (Fsp3) is 0.375.